The zero-order valence-electron chi connectivity index (χ0n) is 20.4. The van der Waals surface area contributed by atoms with Gasteiger partial charge in [0.15, 0.2) is 0 Å². The van der Waals surface area contributed by atoms with Crippen molar-refractivity contribution in [3.8, 4) is 5.75 Å². The highest BCUT2D eigenvalue weighted by Crippen LogP contribution is 2.40. The highest BCUT2D eigenvalue weighted by molar-refractivity contribution is 6.46. The van der Waals surface area contributed by atoms with Crippen molar-refractivity contribution in [3.63, 3.8) is 0 Å². The number of rotatable bonds is 9. The minimum Gasteiger partial charge on any atom is -0.507 e. The summed E-state index contributed by atoms with van der Waals surface area (Å²) >= 11 is 0. The number of non-ortho nitro benzene ring substituents is 1. The normalized spacial score (nSPS) is 16.7. The Morgan fingerprint density at radius 2 is 1.81 bits per heavy atom. The molecule has 1 amide bonds. The van der Waals surface area contributed by atoms with Gasteiger partial charge in [0.05, 0.1) is 23.1 Å². The van der Waals surface area contributed by atoms with E-state index in [1.54, 1.807) is 31.2 Å². The molecule has 1 atom stereocenters. The number of nitro groups is 1. The van der Waals surface area contributed by atoms with Crippen LogP contribution < -0.4 is 4.74 Å². The number of hydrogen-bond donors (Lipinski definition) is 1. The second-order valence-corrected chi connectivity index (χ2v) is 8.59. The second-order valence-electron chi connectivity index (χ2n) is 8.59. The molecule has 190 valence electrons. The van der Waals surface area contributed by atoms with Crippen molar-refractivity contribution in [2.24, 2.45) is 0 Å². The fraction of sp³-hybridized carbons (Fsp3) is 0.214. The van der Waals surface area contributed by atoms with Gasteiger partial charge in [0.1, 0.15) is 18.1 Å². The lowest BCUT2D eigenvalue weighted by Gasteiger charge is -2.25. The first-order valence-electron chi connectivity index (χ1n) is 11.6. The third-order valence-corrected chi connectivity index (χ3v) is 6.17. The Morgan fingerprint density at radius 3 is 2.49 bits per heavy atom. The summed E-state index contributed by atoms with van der Waals surface area (Å²) in [5, 5.41) is 22.7. The summed E-state index contributed by atoms with van der Waals surface area (Å²) < 4.78 is 10.9. The van der Waals surface area contributed by atoms with E-state index in [-0.39, 0.29) is 30.2 Å². The first-order chi connectivity index (χ1) is 17.8. The molecule has 4 rings (SSSR count). The molecule has 0 spiro atoms. The summed E-state index contributed by atoms with van der Waals surface area (Å²) in [6.07, 6.45) is 0. The van der Waals surface area contributed by atoms with Crippen molar-refractivity contribution in [1.29, 1.82) is 0 Å². The predicted molar refractivity (Wildman–Crippen MR) is 136 cm³/mol. The fourth-order valence-electron chi connectivity index (χ4n) is 4.33. The molecule has 0 aromatic heterocycles. The number of carbonyl (C=O) groups excluding carboxylic acids is 2. The molecule has 0 saturated carbocycles. The molecule has 1 aliphatic heterocycles. The van der Waals surface area contributed by atoms with Gasteiger partial charge in [0, 0.05) is 31.4 Å². The third kappa shape index (κ3) is 5.36. The molecule has 0 radical (unpaired) electrons. The topological polar surface area (TPSA) is 119 Å². The van der Waals surface area contributed by atoms with Crippen LogP contribution in [-0.4, -0.2) is 46.9 Å². The number of aliphatic hydroxyl groups is 1. The van der Waals surface area contributed by atoms with E-state index in [2.05, 4.69) is 0 Å². The molecule has 1 fully saturated rings. The third-order valence-electron chi connectivity index (χ3n) is 6.17. The number of Topliss-reactive ketones (excluding diaryl/α,β-unsaturated/α-hetero) is 1. The Bertz CT molecular complexity index is 1370. The van der Waals surface area contributed by atoms with Crippen LogP contribution >= 0.6 is 0 Å². The highest BCUT2D eigenvalue weighted by Gasteiger charge is 2.46. The lowest BCUT2D eigenvalue weighted by Crippen LogP contribution is -2.32. The van der Waals surface area contributed by atoms with Crippen LogP contribution in [0.15, 0.2) is 78.4 Å². The van der Waals surface area contributed by atoms with Crippen LogP contribution in [0.3, 0.4) is 0 Å². The van der Waals surface area contributed by atoms with Crippen LogP contribution in [0, 0.1) is 17.0 Å². The van der Waals surface area contributed by atoms with Crippen LogP contribution in [0.1, 0.15) is 28.3 Å². The molecule has 0 unspecified atom stereocenters. The van der Waals surface area contributed by atoms with E-state index in [0.29, 0.717) is 29.0 Å². The number of benzene rings is 3. The second kappa shape index (κ2) is 11.0. The highest BCUT2D eigenvalue weighted by atomic mass is 16.6. The summed E-state index contributed by atoms with van der Waals surface area (Å²) in [6, 6.07) is 19.4. The monoisotopic (exact) mass is 502 g/mol. The summed E-state index contributed by atoms with van der Waals surface area (Å²) in [4.78, 5) is 38.2. The van der Waals surface area contributed by atoms with Gasteiger partial charge in [-0.2, -0.15) is 0 Å². The summed E-state index contributed by atoms with van der Waals surface area (Å²) in [6.45, 7) is 2.33. The summed E-state index contributed by atoms with van der Waals surface area (Å²) in [5.41, 5.74) is 2.00. The van der Waals surface area contributed by atoms with E-state index in [1.807, 2.05) is 30.3 Å². The Hall–Kier alpha value is -4.50. The predicted octanol–water partition coefficient (Wildman–Crippen LogP) is 4.55. The van der Waals surface area contributed by atoms with Crippen LogP contribution in [-0.2, 0) is 20.9 Å². The number of aliphatic hydroxyl groups excluding tert-OH is 1. The van der Waals surface area contributed by atoms with Crippen molar-refractivity contribution in [2.75, 3.05) is 20.3 Å². The van der Waals surface area contributed by atoms with Gasteiger partial charge >= 0.3 is 0 Å². The number of methoxy groups -OCH3 is 1. The molecular weight excluding hydrogens is 476 g/mol. The Labute approximate surface area is 213 Å². The number of hydrogen-bond acceptors (Lipinski definition) is 7. The minimum absolute atomic E-state index is 0.0659. The van der Waals surface area contributed by atoms with Crippen LogP contribution in [0.2, 0.25) is 0 Å². The molecule has 1 saturated heterocycles. The lowest BCUT2D eigenvalue weighted by atomic mass is 9.93. The van der Waals surface area contributed by atoms with Crippen LogP contribution in [0.25, 0.3) is 5.76 Å². The Balaban J connectivity index is 1.73. The molecule has 1 aliphatic rings. The minimum atomic E-state index is -1.01. The molecule has 37 heavy (non-hydrogen) atoms. The van der Waals surface area contributed by atoms with Gasteiger partial charge < -0.3 is 19.5 Å². The van der Waals surface area contributed by atoms with Gasteiger partial charge in [-0.15, -0.1) is 0 Å². The van der Waals surface area contributed by atoms with E-state index in [9.17, 15) is 24.8 Å². The van der Waals surface area contributed by atoms with Gasteiger partial charge in [-0.1, -0.05) is 42.5 Å². The van der Waals surface area contributed by atoms with Gasteiger partial charge in [-0.3, -0.25) is 19.7 Å². The molecular formula is C28H26N2O7. The fourth-order valence-corrected chi connectivity index (χ4v) is 4.33. The number of ketones is 1. The van der Waals surface area contributed by atoms with Gasteiger partial charge in [-0.05, 0) is 41.8 Å². The number of amides is 1. The van der Waals surface area contributed by atoms with Gasteiger partial charge in [0.25, 0.3) is 17.4 Å². The zero-order valence-corrected chi connectivity index (χ0v) is 20.4. The van der Waals surface area contributed by atoms with E-state index in [1.165, 1.54) is 30.2 Å². The molecule has 3 aromatic carbocycles. The number of carbonyl (C=O) groups is 2. The molecule has 1 heterocycles. The Morgan fingerprint density at radius 1 is 1.05 bits per heavy atom. The van der Waals surface area contributed by atoms with Crippen LogP contribution in [0.4, 0.5) is 5.69 Å². The number of likely N-dealkylation sites (tertiary alicyclic amines) is 1. The zero-order chi connectivity index (χ0) is 26.5. The van der Waals surface area contributed by atoms with Gasteiger partial charge in [0.2, 0.25) is 0 Å². The average molecular weight is 503 g/mol. The standard InChI is InChI=1S/C28H26N2O7/c1-18-15-22(37-17-19-7-4-3-5-8-19)11-12-23(18)26(31)24-25(20-9-6-10-21(16-20)30(34)35)29(13-14-36-2)28(33)27(24)32/h3-12,15-16,25,31H,13-14,17H2,1-2H3/t25-/m0/s1. The van der Waals surface area contributed by atoms with Gasteiger partial charge in [-0.25, -0.2) is 0 Å². The lowest BCUT2D eigenvalue weighted by molar-refractivity contribution is -0.384. The molecule has 9 nitrogen and oxygen atoms in total. The summed E-state index contributed by atoms with van der Waals surface area (Å²) in [7, 11) is 1.46. The Kier molecular flexibility index (Phi) is 7.64. The van der Waals surface area contributed by atoms with Crippen LogP contribution in [0.5, 0.6) is 5.75 Å². The smallest absolute Gasteiger partial charge is 0.295 e. The maximum atomic E-state index is 13.1. The molecule has 3 aromatic rings. The molecule has 0 bridgehead atoms. The number of nitrogens with zero attached hydrogens (tertiary/aromatic N) is 2. The van der Waals surface area contributed by atoms with Crippen molar-refractivity contribution >= 4 is 23.1 Å². The maximum absolute atomic E-state index is 13.1. The molecule has 0 aliphatic carbocycles. The molecule has 9 heteroatoms. The largest absolute Gasteiger partial charge is 0.507 e. The molecule has 1 N–H and O–H groups in total. The van der Waals surface area contributed by atoms with E-state index in [0.717, 1.165) is 5.56 Å². The van der Waals surface area contributed by atoms with Crippen molar-refractivity contribution < 1.29 is 29.1 Å². The quantitative estimate of drug-likeness (QED) is 0.150. The maximum Gasteiger partial charge on any atom is 0.295 e. The van der Waals surface area contributed by atoms with Crippen molar-refractivity contribution in [2.45, 2.75) is 19.6 Å². The van der Waals surface area contributed by atoms with E-state index in [4.69, 9.17) is 9.47 Å². The first kappa shape index (κ1) is 25.6. The number of ether oxygens (including phenoxy) is 2. The van der Waals surface area contributed by atoms with Crippen molar-refractivity contribution in [1.82, 2.24) is 4.90 Å². The first-order valence-corrected chi connectivity index (χ1v) is 11.6. The SMILES string of the molecule is COCCN1C(=O)C(=O)C(=C(O)c2ccc(OCc3ccccc3)cc2C)[C@@H]1c1cccc([N+](=O)[O-])c1. The number of nitro benzene ring substituents is 1. The number of aryl methyl sites for hydroxylation is 1. The average Bonchev–Trinajstić information content (AvgIpc) is 3.16. The van der Waals surface area contributed by atoms with E-state index >= 15 is 0 Å². The summed E-state index contributed by atoms with van der Waals surface area (Å²) in [5.74, 6) is -1.46. The van der Waals surface area contributed by atoms with E-state index < -0.39 is 22.7 Å². The van der Waals surface area contributed by atoms with Crippen molar-refractivity contribution in [3.05, 3.63) is 111 Å².